The van der Waals surface area contributed by atoms with Crippen LogP contribution in [0.4, 0.5) is 4.39 Å². The van der Waals surface area contributed by atoms with E-state index < -0.39 is 11.7 Å². The Bertz CT molecular complexity index is 867. The Balaban J connectivity index is 1.69. The molecule has 1 heterocycles. The van der Waals surface area contributed by atoms with Crippen LogP contribution in [0, 0.1) is 5.82 Å². The molecule has 140 valence electrons. The van der Waals surface area contributed by atoms with E-state index in [9.17, 15) is 18.8 Å². The lowest BCUT2D eigenvalue weighted by atomic mass is 9.95. The van der Waals surface area contributed by atoms with Crippen molar-refractivity contribution in [2.75, 3.05) is 6.54 Å². The van der Waals surface area contributed by atoms with Gasteiger partial charge in [-0.3, -0.25) is 14.4 Å². The molecule has 1 saturated heterocycles. The zero-order valence-corrected chi connectivity index (χ0v) is 14.7. The van der Waals surface area contributed by atoms with Gasteiger partial charge in [-0.05, 0) is 48.4 Å². The Morgan fingerprint density at radius 3 is 2.67 bits per heavy atom. The summed E-state index contributed by atoms with van der Waals surface area (Å²) in [5, 5.41) is 5.47. The van der Waals surface area contributed by atoms with Gasteiger partial charge in [0.15, 0.2) is 11.6 Å². The van der Waals surface area contributed by atoms with Crippen LogP contribution >= 0.6 is 0 Å². The molecule has 0 saturated carbocycles. The summed E-state index contributed by atoms with van der Waals surface area (Å²) in [5.41, 5.74) is 1.05. The number of hydrogen-bond acceptors (Lipinski definition) is 4. The largest absolute Gasteiger partial charge is 0.454 e. The average molecular weight is 370 g/mol. The number of carbonyl (C=O) groups excluding carboxylic acids is 3. The van der Waals surface area contributed by atoms with Gasteiger partial charge in [0.05, 0.1) is 5.92 Å². The minimum absolute atomic E-state index is 0.0332. The molecule has 0 bridgehead atoms. The van der Waals surface area contributed by atoms with Gasteiger partial charge in [0.25, 0.3) is 0 Å². The Kier molecular flexibility index (Phi) is 5.49. The topological polar surface area (TPSA) is 84.5 Å². The summed E-state index contributed by atoms with van der Waals surface area (Å²) in [7, 11) is 0. The minimum atomic E-state index is -0.579. The molecule has 6 nitrogen and oxygen atoms in total. The molecule has 7 heteroatoms. The predicted molar refractivity (Wildman–Crippen MR) is 96.3 cm³/mol. The lowest BCUT2D eigenvalue weighted by Gasteiger charge is -2.12. The van der Waals surface area contributed by atoms with E-state index in [-0.39, 0.29) is 23.6 Å². The van der Waals surface area contributed by atoms with Crippen LogP contribution in [0.5, 0.6) is 11.5 Å². The SMILES string of the molecule is CC(=O)NC[C@@H]1CC(c2ccc(Oc3ccc(C=O)cc3)c(F)c2)C(=O)N1. The average Bonchev–Trinajstić information content (AvgIpc) is 3.03. The molecule has 1 aliphatic heterocycles. The molecule has 2 amide bonds. The Morgan fingerprint density at radius 2 is 2.04 bits per heavy atom. The number of hydrogen-bond donors (Lipinski definition) is 2. The van der Waals surface area contributed by atoms with Gasteiger partial charge in [-0.15, -0.1) is 0 Å². The fourth-order valence-electron chi connectivity index (χ4n) is 3.00. The molecule has 1 aliphatic rings. The summed E-state index contributed by atoms with van der Waals surface area (Å²) >= 11 is 0. The van der Waals surface area contributed by atoms with Crippen molar-refractivity contribution < 1.29 is 23.5 Å². The molecular formula is C20H19FN2O4. The number of rotatable bonds is 6. The number of aldehydes is 1. The van der Waals surface area contributed by atoms with E-state index in [2.05, 4.69) is 10.6 Å². The second-order valence-corrected chi connectivity index (χ2v) is 6.41. The molecule has 2 aromatic rings. The predicted octanol–water partition coefficient (Wildman–Crippen LogP) is 2.54. The van der Waals surface area contributed by atoms with Gasteiger partial charge in [-0.25, -0.2) is 4.39 Å². The number of ether oxygens (including phenoxy) is 1. The second-order valence-electron chi connectivity index (χ2n) is 6.41. The molecule has 2 atom stereocenters. The first kappa shape index (κ1) is 18.6. The van der Waals surface area contributed by atoms with Crippen molar-refractivity contribution in [3.63, 3.8) is 0 Å². The van der Waals surface area contributed by atoms with E-state index in [0.717, 1.165) is 0 Å². The van der Waals surface area contributed by atoms with Crippen molar-refractivity contribution in [1.29, 1.82) is 0 Å². The van der Waals surface area contributed by atoms with E-state index in [1.54, 1.807) is 30.3 Å². The van der Waals surface area contributed by atoms with E-state index in [1.165, 1.54) is 19.1 Å². The van der Waals surface area contributed by atoms with Crippen LogP contribution in [-0.2, 0) is 9.59 Å². The maximum Gasteiger partial charge on any atom is 0.227 e. The normalized spacial score (nSPS) is 18.7. The van der Waals surface area contributed by atoms with Crippen LogP contribution in [0.1, 0.15) is 35.2 Å². The van der Waals surface area contributed by atoms with Crippen LogP contribution < -0.4 is 15.4 Å². The molecule has 27 heavy (non-hydrogen) atoms. The minimum Gasteiger partial charge on any atom is -0.454 e. The van der Waals surface area contributed by atoms with Gasteiger partial charge in [0.2, 0.25) is 11.8 Å². The van der Waals surface area contributed by atoms with Crippen molar-refractivity contribution in [2.24, 2.45) is 0 Å². The highest BCUT2D eigenvalue weighted by Gasteiger charge is 2.33. The zero-order chi connectivity index (χ0) is 19.4. The van der Waals surface area contributed by atoms with Gasteiger partial charge in [0, 0.05) is 25.1 Å². The Labute approximate surface area is 155 Å². The highest BCUT2D eigenvalue weighted by Crippen LogP contribution is 2.31. The van der Waals surface area contributed by atoms with Crippen LogP contribution in [0.15, 0.2) is 42.5 Å². The smallest absolute Gasteiger partial charge is 0.227 e. The molecule has 3 rings (SSSR count). The summed E-state index contributed by atoms with van der Waals surface area (Å²) < 4.78 is 19.9. The molecule has 1 unspecified atom stereocenters. The Morgan fingerprint density at radius 1 is 1.30 bits per heavy atom. The van der Waals surface area contributed by atoms with Gasteiger partial charge in [0.1, 0.15) is 12.0 Å². The van der Waals surface area contributed by atoms with Gasteiger partial charge < -0.3 is 15.4 Å². The van der Waals surface area contributed by atoms with Crippen LogP contribution in [0.2, 0.25) is 0 Å². The van der Waals surface area contributed by atoms with Crippen molar-refractivity contribution in [2.45, 2.75) is 25.3 Å². The molecule has 0 spiro atoms. The lowest BCUT2D eigenvalue weighted by Crippen LogP contribution is -2.37. The molecular weight excluding hydrogens is 351 g/mol. The van der Waals surface area contributed by atoms with Crippen LogP contribution in [0.25, 0.3) is 0 Å². The monoisotopic (exact) mass is 370 g/mol. The third-order valence-corrected chi connectivity index (χ3v) is 4.38. The van der Waals surface area contributed by atoms with E-state index >= 15 is 0 Å². The quantitative estimate of drug-likeness (QED) is 0.766. The summed E-state index contributed by atoms with van der Waals surface area (Å²) in [6.07, 6.45) is 1.19. The van der Waals surface area contributed by atoms with Crippen molar-refractivity contribution in [3.8, 4) is 11.5 Å². The van der Waals surface area contributed by atoms with Crippen molar-refractivity contribution in [3.05, 3.63) is 59.4 Å². The standard InChI is InChI=1S/C20H19FN2O4/c1-12(25)22-10-15-9-17(20(26)23-15)14-4-7-19(18(21)8-14)27-16-5-2-13(11-24)3-6-16/h2-8,11,15,17H,9-10H2,1H3,(H,22,25)(H,23,26)/t15-,17?/m0/s1. The third-order valence-electron chi connectivity index (χ3n) is 4.38. The van der Waals surface area contributed by atoms with Crippen molar-refractivity contribution >= 4 is 18.1 Å². The van der Waals surface area contributed by atoms with Gasteiger partial charge in [-0.1, -0.05) is 6.07 Å². The number of nitrogens with one attached hydrogen (secondary N) is 2. The van der Waals surface area contributed by atoms with Gasteiger partial charge >= 0.3 is 0 Å². The van der Waals surface area contributed by atoms with Gasteiger partial charge in [-0.2, -0.15) is 0 Å². The second kappa shape index (κ2) is 7.99. The molecule has 0 aliphatic carbocycles. The highest BCUT2D eigenvalue weighted by atomic mass is 19.1. The van der Waals surface area contributed by atoms with Crippen molar-refractivity contribution in [1.82, 2.24) is 10.6 Å². The van der Waals surface area contributed by atoms with Crippen LogP contribution in [0.3, 0.4) is 0 Å². The summed E-state index contributed by atoms with van der Waals surface area (Å²) in [6.45, 7) is 1.76. The van der Waals surface area contributed by atoms with Crippen LogP contribution in [-0.4, -0.2) is 30.7 Å². The first-order chi connectivity index (χ1) is 13.0. The Hall–Kier alpha value is -3.22. The molecule has 1 fully saturated rings. The zero-order valence-electron chi connectivity index (χ0n) is 14.7. The fraction of sp³-hybridized carbons (Fsp3) is 0.250. The number of benzene rings is 2. The molecule has 2 N–H and O–H groups in total. The molecule has 0 radical (unpaired) electrons. The number of halogens is 1. The fourth-order valence-corrected chi connectivity index (χ4v) is 3.00. The number of amides is 2. The molecule has 0 aromatic heterocycles. The maximum atomic E-state index is 14.4. The summed E-state index contributed by atoms with van der Waals surface area (Å²) in [5.74, 6) is -0.972. The van der Waals surface area contributed by atoms with E-state index in [1.807, 2.05) is 0 Å². The maximum absolute atomic E-state index is 14.4. The third kappa shape index (κ3) is 4.49. The first-order valence-electron chi connectivity index (χ1n) is 8.53. The molecule has 2 aromatic carbocycles. The highest BCUT2D eigenvalue weighted by molar-refractivity contribution is 5.86. The lowest BCUT2D eigenvalue weighted by molar-refractivity contribution is -0.121. The summed E-state index contributed by atoms with van der Waals surface area (Å²) in [6, 6.07) is 10.6. The number of carbonyl (C=O) groups is 3. The van der Waals surface area contributed by atoms with E-state index in [4.69, 9.17) is 4.74 Å². The van der Waals surface area contributed by atoms with E-state index in [0.29, 0.717) is 36.1 Å². The first-order valence-corrected chi connectivity index (χ1v) is 8.53. The summed E-state index contributed by atoms with van der Waals surface area (Å²) in [4.78, 5) is 33.8.